The van der Waals surface area contributed by atoms with Crippen LogP contribution in [0.25, 0.3) is 28.2 Å². The van der Waals surface area contributed by atoms with Gasteiger partial charge < -0.3 is 23.8 Å². The maximum atomic E-state index is 14.8. The number of amides is 2. The van der Waals surface area contributed by atoms with E-state index in [9.17, 15) is 22.8 Å². The van der Waals surface area contributed by atoms with Crippen LogP contribution in [0.3, 0.4) is 0 Å². The Bertz CT molecular complexity index is 2060. The molecule has 2 aliphatic heterocycles. The lowest BCUT2D eigenvalue weighted by Gasteiger charge is -2.35. The average Bonchev–Trinajstić information content (AvgIpc) is 3.31. The highest BCUT2D eigenvalue weighted by Crippen LogP contribution is 2.47. The Hall–Kier alpha value is -4.42. The number of carbonyl (C=O) groups is 3. The zero-order chi connectivity index (χ0) is 37.5. The van der Waals surface area contributed by atoms with Gasteiger partial charge >= 0.3 is 0 Å². The average molecular weight is 731 g/mol. The van der Waals surface area contributed by atoms with Crippen LogP contribution in [0.2, 0.25) is 0 Å². The van der Waals surface area contributed by atoms with E-state index < -0.39 is 27.0 Å². The quantitative estimate of drug-likeness (QED) is 0.164. The third-order valence-electron chi connectivity index (χ3n) is 10.3. The molecule has 3 aromatic rings. The van der Waals surface area contributed by atoms with E-state index in [-0.39, 0.29) is 41.7 Å². The van der Waals surface area contributed by atoms with Crippen LogP contribution >= 0.6 is 0 Å². The van der Waals surface area contributed by atoms with Gasteiger partial charge in [-0.25, -0.2) is 13.1 Å². The van der Waals surface area contributed by atoms with Crippen LogP contribution in [0.5, 0.6) is 5.75 Å². The zero-order valence-electron chi connectivity index (χ0n) is 31.2. The van der Waals surface area contributed by atoms with Gasteiger partial charge in [-0.3, -0.25) is 14.4 Å². The summed E-state index contributed by atoms with van der Waals surface area (Å²) in [5, 5.41) is 0.169. The van der Waals surface area contributed by atoms with Crippen molar-refractivity contribution in [3.8, 4) is 17.0 Å². The van der Waals surface area contributed by atoms with E-state index in [1.165, 1.54) is 20.3 Å². The van der Waals surface area contributed by atoms with Crippen molar-refractivity contribution in [2.45, 2.75) is 89.7 Å². The van der Waals surface area contributed by atoms with Crippen molar-refractivity contribution in [2.24, 2.45) is 0 Å². The topological polar surface area (TPSA) is 127 Å². The number of nitrogens with zero attached hydrogens (tertiary/aromatic N) is 3. The number of hydrogen-bond donors (Lipinski definition) is 1. The number of morpholine rings is 1. The van der Waals surface area contributed by atoms with Crippen molar-refractivity contribution in [3.05, 3.63) is 70.4 Å². The first-order valence-electron chi connectivity index (χ1n) is 18.2. The van der Waals surface area contributed by atoms with Crippen molar-refractivity contribution in [3.63, 3.8) is 0 Å². The largest absolute Gasteiger partial charge is 0.497 e. The third kappa shape index (κ3) is 7.41. The molecule has 1 aliphatic carbocycles. The number of methoxy groups -OCH3 is 1. The summed E-state index contributed by atoms with van der Waals surface area (Å²) < 4.78 is 41.2. The van der Waals surface area contributed by atoms with Crippen LogP contribution < -0.4 is 9.46 Å². The second-order valence-corrected chi connectivity index (χ2v) is 17.1. The van der Waals surface area contributed by atoms with Crippen molar-refractivity contribution < 1.29 is 32.3 Å². The number of aromatic nitrogens is 1. The van der Waals surface area contributed by atoms with E-state index in [0.29, 0.717) is 29.9 Å². The van der Waals surface area contributed by atoms with Gasteiger partial charge in [0.25, 0.3) is 11.8 Å². The molecule has 1 saturated heterocycles. The number of hydrogen-bond acceptors (Lipinski definition) is 8. The lowest BCUT2D eigenvalue weighted by molar-refractivity contribution is -0.140. The Morgan fingerprint density at radius 3 is 2.33 bits per heavy atom. The van der Waals surface area contributed by atoms with Gasteiger partial charge in [0.15, 0.2) is 5.78 Å². The molecule has 2 fully saturated rings. The van der Waals surface area contributed by atoms with Gasteiger partial charge in [-0.2, -0.15) is 0 Å². The molecule has 0 unspecified atom stereocenters. The van der Waals surface area contributed by atoms with Crippen molar-refractivity contribution in [2.75, 3.05) is 34.3 Å². The molecule has 3 aliphatic rings. The highest BCUT2D eigenvalue weighted by molar-refractivity contribution is 7.90. The zero-order valence-corrected chi connectivity index (χ0v) is 32.0. The Morgan fingerprint density at radius 1 is 1.00 bits per heavy atom. The van der Waals surface area contributed by atoms with E-state index in [2.05, 4.69) is 9.29 Å². The summed E-state index contributed by atoms with van der Waals surface area (Å²) in [7, 11) is 1.30. The Labute approximate surface area is 306 Å². The lowest BCUT2D eigenvalue weighted by Crippen LogP contribution is -2.49. The smallest absolute Gasteiger partial charge is 0.264 e. The molecule has 0 spiro atoms. The molecule has 1 saturated carbocycles. The Kier molecular flexibility index (Phi) is 10.7. The maximum Gasteiger partial charge on any atom is 0.264 e. The summed E-state index contributed by atoms with van der Waals surface area (Å²) in [5.74, 6) is -0.594. The normalized spacial score (nSPS) is 19.8. The Morgan fingerprint density at radius 2 is 1.69 bits per heavy atom. The summed E-state index contributed by atoms with van der Waals surface area (Å²) in [4.78, 5) is 45.8. The summed E-state index contributed by atoms with van der Waals surface area (Å²) in [6.07, 6.45) is 8.48. The molecule has 2 atom stereocenters. The van der Waals surface area contributed by atoms with E-state index in [0.717, 1.165) is 53.5 Å². The van der Waals surface area contributed by atoms with E-state index in [4.69, 9.17) is 9.47 Å². The molecule has 11 nitrogen and oxygen atoms in total. The summed E-state index contributed by atoms with van der Waals surface area (Å²) in [6, 6.07) is 11.1. The maximum absolute atomic E-state index is 14.8. The number of sulfonamides is 1. The standard InChI is InChI=1S/C40H50N4O7S/c1-24(2)52(48,49)41-39(46)28-13-15-33-35(19-28)44-22-30(38(45)34(23-42(5)6)40(47)43-20-25(3)51-26(4)21-43)17-29-18-31(50-7)14-16-32(29)37(44)36(33)27-11-9-8-10-12-27/h13-19,23-27H,8-12,20-22H2,1-7H3,(H,41,46)/b34-23+/t25-,26+. The molecule has 1 N–H and O–H groups in total. The van der Waals surface area contributed by atoms with Crippen LogP contribution in [0.15, 0.2) is 53.7 Å². The van der Waals surface area contributed by atoms with Gasteiger partial charge in [0.2, 0.25) is 10.0 Å². The second kappa shape index (κ2) is 14.9. The van der Waals surface area contributed by atoms with Gasteiger partial charge in [0.05, 0.1) is 36.8 Å². The Balaban J connectivity index is 1.55. The second-order valence-electron chi connectivity index (χ2n) is 14.9. The SMILES string of the molecule is COc1ccc2c(c1)C=C(C(=O)/C(=C\N(C)C)C(=O)N1C[C@@H](C)O[C@@H](C)C1)Cn1c-2c(C2CCCCC2)c2ccc(C(=O)NS(=O)(=O)C(C)C)cc21. The van der Waals surface area contributed by atoms with Crippen molar-refractivity contribution in [1.29, 1.82) is 0 Å². The van der Waals surface area contributed by atoms with Crippen molar-refractivity contribution >= 4 is 44.6 Å². The molecule has 1 aromatic heterocycles. The van der Waals surface area contributed by atoms with E-state index in [1.807, 2.05) is 44.2 Å². The number of nitrogens with one attached hydrogen (secondary N) is 1. The highest BCUT2D eigenvalue weighted by atomic mass is 32.2. The van der Waals surface area contributed by atoms with Crippen LogP contribution in [0.1, 0.15) is 87.2 Å². The molecule has 278 valence electrons. The van der Waals surface area contributed by atoms with Crippen LogP contribution in [0, 0.1) is 0 Å². The van der Waals surface area contributed by atoms with Gasteiger partial charge in [-0.05, 0) is 94.0 Å². The molecular weight excluding hydrogens is 681 g/mol. The predicted octanol–water partition coefficient (Wildman–Crippen LogP) is 5.88. The predicted molar refractivity (Wildman–Crippen MR) is 203 cm³/mol. The van der Waals surface area contributed by atoms with Gasteiger partial charge in [0.1, 0.15) is 11.3 Å². The molecule has 6 rings (SSSR count). The molecule has 52 heavy (non-hydrogen) atoms. The molecule has 12 heteroatoms. The minimum Gasteiger partial charge on any atom is -0.497 e. The minimum absolute atomic E-state index is 0.0494. The molecule has 0 bridgehead atoms. The van der Waals surface area contributed by atoms with Gasteiger partial charge in [-0.1, -0.05) is 25.3 Å². The van der Waals surface area contributed by atoms with Gasteiger partial charge in [0, 0.05) is 61.0 Å². The molecule has 2 aromatic carbocycles. The number of carbonyl (C=O) groups excluding carboxylic acids is 3. The number of fused-ring (bicyclic) bond motifs is 5. The first-order chi connectivity index (χ1) is 24.7. The third-order valence-corrected chi connectivity index (χ3v) is 12.0. The van der Waals surface area contributed by atoms with E-state index in [1.54, 1.807) is 49.3 Å². The number of benzene rings is 2. The number of ketones is 1. The highest BCUT2D eigenvalue weighted by Gasteiger charge is 2.35. The fraction of sp³-hybridized carbons (Fsp3) is 0.475. The van der Waals surface area contributed by atoms with Crippen molar-refractivity contribution in [1.82, 2.24) is 19.1 Å². The van der Waals surface area contributed by atoms with Crippen LogP contribution in [0.4, 0.5) is 0 Å². The number of ether oxygens (including phenoxy) is 2. The number of Topliss-reactive ketones (excluding diaryl/α,β-unsaturated/α-hetero) is 1. The summed E-state index contributed by atoms with van der Waals surface area (Å²) in [6.45, 7) is 7.73. The van der Waals surface area contributed by atoms with Gasteiger partial charge in [-0.15, -0.1) is 0 Å². The number of rotatable bonds is 9. The fourth-order valence-electron chi connectivity index (χ4n) is 7.78. The first kappa shape index (κ1) is 37.3. The molecule has 3 heterocycles. The summed E-state index contributed by atoms with van der Waals surface area (Å²) in [5.41, 5.74) is 5.16. The molecule has 2 amide bonds. The summed E-state index contributed by atoms with van der Waals surface area (Å²) >= 11 is 0. The first-order valence-corrected chi connectivity index (χ1v) is 19.7. The fourth-order valence-corrected chi connectivity index (χ4v) is 8.39. The monoisotopic (exact) mass is 730 g/mol. The van der Waals surface area contributed by atoms with Crippen LogP contribution in [-0.4, -0.2) is 92.1 Å². The van der Waals surface area contributed by atoms with E-state index >= 15 is 0 Å². The molecule has 0 radical (unpaired) electrons. The molecular formula is C40H50N4O7S. The minimum atomic E-state index is -3.87. The lowest BCUT2D eigenvalue weighted by atomic mass is 9.81. The van der Waals surface area contributed by atoms with Crippen LogP contribution in [-0.2, 0) is 30.9 Å². The number of allylic oxidation sites excluding steroid dienone is 1.